The molecule has 2 atom stereocenters. The van der Waals surface area contributed by atoms with Gasteiger partial charge in [0.05, 0.1) is 12.7 Å². The van der Waals surface area contributed by atoms with Gasteiger partial charge in [0.1, 0.15) is 11.9 Å². The van der Waals surface area contributed by atoms with Gasteiger partial charge in [-0.1, -0.05) is 6.07 Å². The molecule has 5 nitrogen and oxygen atoms in total. The predicted molar refractivity (Wildman–Crippen MR) is 56.6 cm³/mol. The molecule has 0 saturated carbocycles. The molecule has 0 aliphatic heterocycles. The lowest BCUT2D eigenvalue weighted by molar-refractivity contribution is -0.153. The van der Waals surface area contributed by atoms with E-state index in [4.69, 9.17) is 10.2 Å². The number of ether oxygens (including phenoxy) is 1. The average molecular weight is 280 g/mol. The van der Waals surface area contributed by atoms with Crippen molar-refractivity contribution in [1.82, 2.24) is 0 Å². The van der Waals surface area contributed by atoms with Gasteiger partial charge in [0.15, 0.2) is 6.10 Å². The smallest absolute Gasteiger partial charge is 0.419 e. The molecule has 0 aromatic heterocycles. The Morgan fingerprint density at radius 1 is 1.32 bits per heavy atom. The number of halogens is 3. The Balaban J connectivity index is 3.17. The van der Waals surface area contributed by atoms with Crippen LogP contribution in [-0.4, -0.2) is 34.5 Å². The van der Waals surface area contributed by atoms with E-state index in [1.165, 1.54) is 0 Å². The molecule has 0 fully saturated rings. The molecule has 0 aliphatic carbocycles. The molecular formula is C11H11F3O5. The van der Waals surface area contributed by atoms with Crippen molar-refractivity contribution in [3.8, 4) is 5.75 Å². The maximum absolute atomic E-state index is 12.6. The van der Waals surface area contributed by atoms with Crippen LogP contribution in [0.3, 0.4) is 0 Å². The molecule has 8 heteroatoms. The number of benzene rings is 1. The molecule has 0 saturated heterocycles. The van der Waals surface area contributed by atoms with Gasteiger partial charge in [0.2, 0.25) is 0 Å². The summed E-state index contributed by atoms with van der Waals surface area (Å²) in [6.45, 7) is 0. The molecule has 106 valence electrons. The van der Waals surface area contributed by atoms with Gasteiger partial charge in [-0.05, 0) is 17.7 Å². The Morgan fingerprint density at radius 3 is 2.32 bits per heavy atom. The van der Waals surface area contributed by atoms with Crippen LogP contribution in [-0.2, 0) is 11.0 Å². The Hall–Kier alpha value is -1.80. The molecule has 1 aromatic carbocycles. The number of carbonyl (C=O) groups is 1. The van der Waals surface area contributed by atoms with E-state index >= 15 is 0 Å². The van der Waals surface area contributed by atoms with E-state index in [2.05, 4.69) is 4.74 Å². The normalized spacial score (nSPS) is 14.8. The molecule has 0 spiro atoms. The predicted octanol–water partition coefficient (Wildman–Crippen LogP) is 1.19. The quantitative estimate of drug-likeness (QED) is 0.771. The van der Waals surface area contributed by atoms with Gasteiger partial charge in [-0.25, -0.2) is 4.79 Å². The van der Waals surface area contributed by atoms with E-state index in [0.717, 1.165) is 19.2 Å². The van der Waals surface area contributed by atoms with Crippen LogP contribution in [0.25, 0.3) is 0 Å². The van der Waals surface area contributed by atoms with E-state index < -0.39 is 35.7 Å². The van der Waals surface area contributed by atoms with Crippen LogP contribution < -0.4 is 4.74 Å². The van der Waals surface area contributed by atoms with Gasteiger partial charge in [0.25, 0.3) is 0 Å². The zero-order chi connectivity index (χ0) is 14.8. The van der Waals surface area contributed by atoms with E-state index in [1.54, 1.807) is 0 Å². The number of hydrogen-bond acceptors (Lipinski definition) is 4. The maximum Gasteiger partial charge on any atom is 0.419 e. The molecule has 0 amide bonds. The minimum absolute atomic E-state index is 0.195. The Bertz CT molecular complexity index is 472. The summed E-state index contributed by atoms with van der Waals surface area (Å²) in [5.74, 6) is -2.26. The molecule has 0 aliphatic rings. The minimum Gasteiger partial charge on any atom is -0.496 e. The monoisotopic (exact) mass is 280 g/mol. The van der Waals surface area contributed by atoms with Crippen LogP contribution in [0.15, 0.2) is 18.2 Å². The number of aliphatic carboxylic acids is 1. The Labute approximate surface area is 105 Å². The maximum atomic E-state index is 12.6. The first-order chi connectivity index (χ1) is 8.68. The number of aliphatic hydroxyl groups excluding tert-OH is 2. The van der Waals surface area contributed by atoms with Crippen LogP contribution >= 0.6 is 0 Å². The van der Waals surface area contributed by atoms with Gasteiger partial charge in [0, 0.05) is 0 Å². The summed E-state index contributed by atoms with van der Waals surface area (Å²) in [6, 6.07) is 2.35. The molecule has 2 unspecified atom stereocenters. The summed E-state index contributed by atoms with van der Waals surface area (Å²) in [7, 11) is 1.01. The third kappa shape index (κ3) is 3.36. The minimum atomic E-state index is -4.64. The van der Waals surface area contributed by atoms with Crippen molar-refractivity contribution in [2.45, 2.75) is 18.4 Å². The van der Waals surface area contributed by atoms with Crippen molar-refractivity contribution >= 4 is 5.97 Å². The Morgan fingerprint density at radius 2 is 1.89 bits per heavy atom. The van der Waals surface area contributed by atoms with Crippen molar-refractivity contribution in [3.63, 3.8) is 0 Å². The van der Waals surface area contributed by atoms with E-state index in [-0.39, 0.29) is 5.56 Å². The zero-order valence-corrected chi connectivity index (χ0v) is 9.68. The lowest BCUT2D eigenvalue weighted by Gasteiger charge is -2.17. The third-order valence-corrected chi connectivity index (χ3v) is 2.42. The summed E-state index contributed by atoms with van der Waals surface area (Å²) < 4.78 is 42.2. The van der Waals surface area contributed by atoms with E-state index in [1.807, 2.05) is 0 Å². The Kier molecular flexibility index (Phi) is 4.38. The molecule has 0 bridgehead atoms. The highest BCUT2D eigenvalue weighted by molar-refractivity contribution is 5.73. The van der Waals surface area contributed by atoms with Crippen LogP contribution in [0, 0.1) is 0 Å². The molecule has 0 radical (unpaired) electrons. The van der Waals surface area contributed by atoms with Gasteiger partial charge < -0.3 is 20.1 Å². The lowest BCUT2D eigenvalue weighted by atomic mass is 10.0. The molecule has 0 heterocycles. The summed E-state index contributed by atoms with van der Waals surface area (Å²) in [4.78, 5) is 10.5. The fraction of sp³-hybridized carbons (Fsp3) is 0.364. The number of aliphatic hydroxyl groups is 2. The number of rotatable bonds is 4. The first-order valence-corrected chi connectivity index (χ1v) is 5.02. The van der Waals surface area contributed by atoms with Gasteiger partial charge in [-0.2, -0.15) is 13.2 Å². The summed E-state index contributed by atoms with van der Waals surface area (Å²) >= 11 is 0. The topological polar surface area (TPSA) is 87.0 Å². The summed E-state index contributed by atoms with van der Waals surface area (Å²) in [6.07, 6.45) is -8.63. The molecule has 19 heavy (non-hydrogen) atoms. The second-order valence-electron chi connectivity index (χ2n) is 3.69. The fourth-order valence-electron chi connectivity index (χ4n) is 1.44. The molecule has 1 aromatic rings. The second kappa shape index (κ2) is 5.45. The lowest BCUT2D eigenvalue weighted by Crippen LogP contribution is -2.27. The number of carboxylic acid groups (broad SMARTS) is 1. The first kappa shape index (κ1) is 15.3. The average Bonchev–Trinajstić information content (AvgIpc) is 2.34. The first-order valence-electron chi connectivity index (χ1n) is 5.02. The number of hydrogen-bond donors (Lipinski definition) is 3. The van der Waals surface area contributed by atoms with Crippen molar-refractivity contribution < 1.29 is 38.0 Å². The SMILES string of the molecule is COc1cc(C(O)C(O)C(=O)O)ccc1C(F)(F)F. The number of carboxylic acids is 1. The van der Waals surface area contributed by atoms with Crippen LogP contribution in [0.4, 0.5) is 13.2 Å². The van der Waals surface area contributed by atoms with Gasteiger partial charge >= 0.3 is 12.1 Å². The van der Waals surface area contributed by atoms with Crippen LogP contribution in [0.2, 0.25) is 0 Å². The largest absolute Gasteiger partial charge is 0.496 e. The van der Waals surface area contributed by atoms with E-state index in [0.29, 0.717) is 6.07 Å². The number of alkyl halides is 3. The molecular weight excluding hydrogens is 269 g/mol. The zero-order valence-electron chi connectivity index (χ0n) is 9.68. The van der Waals surface area contributed by atoms with Crippen molar-refractivity contribution in [1.29, 1.82) is 0 Å². The molecule has 1 rings (SSSR count). The fourth-order valence-corrected chi connectivity index (χ4v) is 1.44. The van der Waals surface area contributed by atoms with Crippen LogP contribution in [0.1, 0.15) is 17.2 Å². The number of methoxy groups -OCH3 is 1. The standard InChI is InChI=1S/C11H11F3O5/c1-19-7-4-5(8(15)9(16)10(17)18)2-3-6(7)11(12,13)14/h2-4,8-9,15-16H,1H3,(H,17,18). The van der Waals surface area contributed by atoms with E-state index in [9.17, 15) is 23.1 Å². The van der Waals surface area contributed by atoms with Crippen LogP contribution in [0.5, 0.6) is 5.75 Å². The molecule has 3 N–H and O–H groups in total. The van der Waals surface area contributed by atoms with Crippen molar-refractivity contribution in [2.24, 2.45) is 0 Å². The van der Waals surface area contributed by atoms with Gasteiger partial charge in [-0.15, -0.1) is 0 Å². The summed E-state index contributed by atoms with van der Waals surface area (Å²) in [5.41, 5.74) is -1.25. The highest BCUT2D eigenvalue weighted by Crippen LogP contribution is 2.37. The highest BCUT2D eigenvalue weighted by atomic mass is 19.4. The van der Waals surface area contributed by atoms with Gasteiger partial charge in [-0.3, -0.25) is 0 Å². The third-order valence-electron chi connectivity index (χ3n) is 2.42. The highest BCUT2D eigenvalue weighted by Gasteiger charge is 2.35. The van der Waals surface area contributed by atoms with Crippen molar-refractivity contribution in [3.05, 3.63) is 29.3 Å². The second-order valence-corrected chi connectivity index (χ2v) is 3.69. The van der Waals surface area contributed by atoms with Crippen molar-refractivity contribution in [2.75, 3.05) is 7.11 Å². The summed E-state index contributed by atoms with van der Waals surface area (Å²) in [5, 5.41) is 27.1.